The molecule has 0 spiro atoms. The molecule has 0 aliphatic heterocycles. The maximum Gasteiger partial charge on any atom is 0.0590 e. The van der Waals surface area contributed by atoms with Gasteiger partial charge in [-0.3, -0.25) is 0 Å². The largest absolute Gasteiger partial charge is 0.396 e. The zero-order chi connectivity index (χ0) is 9.07. The van der Waals surface area contributed by atoms with Crippen LogP contribution >= 0.6 is 0 Å². The third-order valence-corrected chi connectivity index (χ3v) is 1.58. The predicted molar refractivity (Wildman–Crippen MR) is 50.3 cm³/mol. The van der Waals surface area contributed by atoms with Crippen molar-refractivity contribution >= 4 is 0 Å². The van der Waals surface area contributed by atoms with E-state index in [4.69, 9.17) is 9.84 Å². The highest BCUT2D eigenvalue weighted by Gasteiger charge is 1.88. The van der Waals surface area contributed by atoms with E-state index in [0.717, 1.165) is 39.1 Å². The summed E-state index contributed by atoms with van der Waals surface area (Å²) in [5.74, 6) is 0. The summed E-state index contributed by atoms with van der Waals surface area (Å²) < 4.78 is 5.33. The van der Waals surface area contributed by atoms with E-state index in [-0.39, 0.29) is 6.61 Å². The molecule has 3 heteroatoms. The van der Waals surface area contributed by atoms with Crippen LogP contribution in [0.25, 0.3) is 0 Å². The first-order valence-electron chi connectivity index (χ1n) is 4.81. The van der Waals surface area contributed by atoms with Gasteiger partial charge in [0.15, 0.2) is 0 Å². The molecule has 0 fully saturated rings. The molecule has 74 valence electrons. The molecular formula is C9H21NO2. The minimum atomic E-state index is 0.268. The van der Waals surface area contributed by atoms with Crippen LogP contribution in [-0.2, 0) is 4.74 Å². The van der Waals surface area contributed by atoms with Crippen LogP contribution in [0.5, 0.6) is 0 Å². The van der Waals surface area contributed by atoms with Crippen molar-refractivity contribution in [1.82, 2.24) is 5.32 Å². The van der Waals surface area contributed by atoms with Crippen molar-refractivity contribution in [1.29, 1.82) is 0 Å². The lowest BCUT2D eigenvalue weighted by Gasteiger charge is -2.04. The molecule has 0 rings (SSSR count). The Morgan fingerprint density at radius 3 is 2.67 bits per heavy atom. The van der Waals surface area contributed by atoms with Crippen LogP contribution in [0.4, 0.5) is 0 Å². The fourth-order valence-corrected chi connectivity index (χ4v) is 0.822. The second kappa shape index (κ2) is 10.9. The number of hydrogen-bond acceptors (Lipinski definition) is 3. The molecule has 0 aliphatic rings. The molecule has 3 nitrogen and oxygen atoms in total. The van der Waals surface area contributed by atoms with Gasteiger partial charge in [0.2, 0.25) is 0 Å². The van der Waals surface area contributed by atoms with Crippen molar-refractivity contribution in [3.05, 3.63) is 0 Å². The maximum atomic E-state index is 8.47. The summed E-state index contributed by atoms with van der Waals surface area (Å²) in [6.07, 6.45) is 3.17. The number of unbranched alkanes of at least 4 members (excludes halogenated alkanes) is 1. The van der Waals surface area contributed by atoms with Gasteiger partial charge in [-0.25, -0.2) is 0 Å². The van der Waals surface area contributed by atoms with E-state index in [1.165, 1.54) is 6.42 Å². The number of aliphatic hydroxyl groups is 1. The summed E-state index contributed by atoms with van der Waals surface area (Å²) >= 11 is 0. The van der Waals surface area contributed by atoms with E-state index >= 15 is 0 Å². The molecular weight excluding hydrogens is 154 g/mol. The second-order valence-corrected chi connectivity index (χ2v) is 2.79. The fourth-order valence-electron chi connectivity index (χ4n) is 0.822. The van der Waals surface area contributed by atoms with Crippen LogP contribution in [0.3, 0.4) is 0 Å². The second-order valence-electron chi connectivity index (χ2n) is 2.79. The van der Waals surface area contributed by atoms with Crippen molar-refractivity contribution in [3.8, 4) is 0 Å². The topological polar surface area (TPSA) is 41.5 Å². The highest BCUT2D eigenvalue weighted by molar-refractivity contribution is 4.45. The van der Waals surface area contributed by atoms with E-state index in [0.29, 0.717) is 0 Å². The maximum absolute atomic E-state index is 8.47. The zero-order valence-electron chi connectivity index (χ0n) is 8.01. The SMILES string of the molecule is CCCCOCCNCCCO. The molecule has 0 saturated heterocycles. The first kappa shape index (κ1) is 11.9. The molecule has 0 amide bonds. The molecule has 0 aromatic carbocycles. The predicted octanol–water partition coefficient (Wildman–Crippen LogP) is 0.775. The highest BCUT2D eigenvalue weighted by atomic mass is 16.5. The normalized spacial score (nSPS) is 10.5. The van der Waals surface area contributed by atoms with Crippen LogP contribution in [0, 0.1) is 0 Å². The first-order chi connectivity index (χ1) is 5.91. The van der Waals surface area contributed by atoms with E-state index in [9.17, 15) is 0 Å². The Morgan fingerprint density at radius 1 is 1.17 bits per heavy atom. The third-order valence-electron chi connectivity index (χ3n) is 1.58. The molecule has 0 heterocycles. The zero-order valence-corrected chi connectivity index (χ0v) is 8.01. The molecule has 0 aromatic heterocycles. The Kier molecular flexibility index (Phi) is 10.8. The van der Waals surface area contributed by atoms with E-state index in [2.05, 4.69) is 12.2 Å². The molecule has 0 saturated carbocycles. The summed E-state index contributed by atoms with van der Waals surface area (Å²) in [6, 6.07) is 0. The van der Waals surface area contributed by atoms with Crippen molar-refractivity contribution in [3.63, 3.8) is 0 Å². The van der Waals surface area contributed by atoms with E-state index in [1.807, 2.05) is 0 Å². The van der Waals surface area contributed by atoms with Crippen molar-refractivity contribution < 1.29 is 9.84 Å². The Labute approximate surface area is 75.1 Å². The van der Waals surface area contributed by atoms with Crippen LogP contribution in [0.2, 0.25) is 0 Å². The first-order valence-corrected chi connectivity index (χ1v) is 4.81. The summed E-state index contributed by atoms with van der Waals surface area (Å²) in [5, 5.41) is 11.6. The summed E-state index contributed by atoms with van der Waals surface area (Å²) in [5.41, 5.74) is 0. The number of ether oxygens (including phenoxy) is 1. The van der Waals surface area contributed by atoms with Gasteiger partial charge in [-0.2, -0.15) is 0 Å². The van der Waals surface area contributed by atoms with Gasteiger partial charge in [-0.1, -0.05) is 13.3 Å². The summed E-state index contributed by atoms with van der Waals surface area (Å²) in [4.78, 5) is 0. The van der Waals surface area contributed by atoms with E-state index in [1.54, 1.807) is 0 Å². The number of nitrogens with one attached hydrogen (secondary N) is 1. The van der Waals surface area contributed by atoms with Gasteiger partial charge < -0.3 is 15.2 Å². The molecule has 12 heavy (non-hydrogen) atoms. The van der Waals surface area contributed by atoms with Crippen molar-refractivity contribution in [2.45, 2.75) is 26.2 Å². The minimum absolute atomic E-state index is 0.268. The fraction of sp³-hybridized carbons (Fsp3) is 1.00. The Morgan fingerprint density at radius 2 is 2.00 bits per heavy atom. The van der Waals surface area contributed by atoms with Gasteiger partial charge in [0, 0.05) is 19.8 Å². The van der Waals surface area contributed by atoms with Crippen molar-refractivity contribution in [2.75, 3.05) is 32.9 Å². The Bertz CT molecular complexity index is 68.9. The average molecular weight is 175 g/mol. The van der Waals surface area contributed by atoms with Gasteiger partial charge in [0.05, 0.1) is 6.61 Å². The lowest BCUT2D eigenvalue weighted by molar-refractivity contribution is 0.132. The summed E-state index contributed by atoms with van der Waals surface area (Å²) in [6.45, 7) is 5.85. The average Bonchev–Trinajstić information content (AvgIpc) is 2.10. The Balaban J connectivity index is 2.73. The number of rotatable bonds is 9. The molecule has 2 N–H and O–H groups in total. The van der Waals surface area contributed by atoms with Crippen molar-refractivity contribution in [2.24, 2.45) is 0 Å². The molecule has 0 unspecified atom stereocenters. The quantitative estimate of drug-likeness (QED) is 0.509. The van der Waals surface area contributed by atoms with Gasteiger partial charge >= 0.3 is 0 Å². The van der Waals surface area contributed by atoms with Crippen LogP contribution in [-0.4, -0.2) is 38.0 Å². The highest BCUT2D eigenvalue weighted by Crippen LogP contribution is 1.86. The van der Waals surface area contributed by atoms with Gasteiger partial charge in [0.1, 0.15) is 0 Å². The minimum Gasteiger partial charge on any atom is -0.396 e. The van der Waals surface area contributed by atoms with Gasteiger partial charge in [-0.05, 0) is 19.4 Å². The molecule has 0 radical (unpaired) electrons. The van der Waals surface area contributed by atoms with Gasteiger partial charge in [0.25, 0.3) is 0 Å². The standard InChI is InChI=1S/C9H21NO2/c1-2-3-8-12-9-6-10-5-4-7-11/h10-11H,2-9H2,1H3. The number of aliphatic hydroxyl groups excluding tert-OH is 1. The van der Waals surface area contributed by atoms with Crippen LogP contribution in [0.15, 0.2) is 0 Å². The Hall–Kier alpha value is -0.120. The summed E-state index contributed by atoms with van der Waals surface area (Å²) in [7, 11) is 0. The molecule has 0 aliphatic carbocycles. The number of hydrogen-bond donors (Lipinski definition) is 2. The molecule has 0 aromatic rings. The third kappa shape index (κ3) is 9.88. The lowest BCUT2D eigenvalue weighted by atomic mass is 10.4. The van der Waals surface area contributed by atoms with Crippen LogP contribution < -0.4 is 5.32 Å². The van der Waals surface area contributed by atoms with Crippen LogP contribution in [0.1, 0.15) is 26.2 Å². The monoisotopic (exact) mass is 175 g/mol. The molecule has 0 atom stereocenters. The van der Waals surface area contributed by atoms with E-state index < -0.39 is 0 Å². The lowest BCUT2D eigenvalue weighted by Crippen LogP contribution is -2.21. The molecule has 0 bridgehead atoms. The smallest absolute Gasteiger partial charge is 0.0590 e. The van der Waals surface area contributed by atoms with Gasteiger partial charge in [-0.15, -0.1) is 0 Å².